The fraction of sp³-hybridized carbons (Fsp3) is 0.350. The van der Waals surface area contributed by atoms with Crippen LogP contribution in [-0.4, -0.2) is 56.2 Å². The van der Waals surface area contributed by atoms with Gasteiger partial charge < -0.3 is 19.5 Å². The Morgan fingerprint density at radius 1 is 0.862 bits per heavy atom. The molecular formula is C20H22N2O7. The van der Waals surface area contributed by atoms with Gasteiger partial charge in [-0.2, -0.15) is 0 Å². The molecule has 154 valence electrons. The van der Waals surface area contributed by atoms with Crippen molar-refractivity contribution in [2.24, 2.45) is 11.8 Å². The molecule has 9 nitrogen and oxygen atoms in total. The number of amides is 1. The molecule has 2 aromatic rings. The first-order valence-electron chi connectivity index (χ1n) is 8.74. The fourth-order valence-electron chi connectivity index (χ4n) is 2.91. The van der Waals surface area contributed by atoms with Crippen LogP contribution in [0.4, 0.5) is 0 Å². The lowest BCUT2D eigenvalue weighted by molar-refractivity contribution is -0.162. The van der Waals surface area contributed by atoms with Gasteiger partial charge >= 0.3 is 17.9 Å². The monoisotopic (exact) mass is 402 g/mol. The summed E-state index contributed by atoms with van der Waals surface area (Å²) in [5.74, 6) is -5.71. The predicted molar refractivity (Wildman–Crippen MR) is 102 cm³/mol. The first-order chi connectivity index (χ1) is 13.8. The lowest BCUT2D eigenvalue weighted by Gasteiger charge is -2.26. The molecule has 1 N–H and O–H groups in total. The number of ether oxygens (including phenoxy) is 3. The Morgan fingerprint density at radius 2 is 1.45 bits per heavy atom. The molecule has 0 aliphatic rings. The van der Waals surface area contributed by atoms with Crippen molar-refractivity contribution in [3.8, 4) is 0 Å². The molecule has 0 unspecified atom stereocenters. The average molecular weight is 402 g/mol. The van der Waals surface area contributed by atoms with Crippen molar-refractivity contribution in [1.82, 2.24) is 10.3 Å². The van der Waals surface area contributed by atoms with Gasteiger partial charge in [0.05, 0.1) is 26.8 Å². The lowest BCUT2D eigenvalue weighted by Crippen LogP contribution is -2.51. The average Bonchev–Trinajstić information content (AvgIpc) is 2.75. The van der Waals surface area contributed by atoms with Gasteiger partial charge in [0.25, 0.3) is 5.91 Å². The molecule has 9 heteroatoms. The Bertz CT molecular complexity index is 912. The van der Waals surface area contributed by atoms with E-state index in [1.165, 1.54) is 13.0 Å². The van der Waals surface area contributed by atoms with Crippen LogP contribution < -0.4 is 5.32 Å². The quantitative estimate of drug-likeness (QED) is 0.415. The summed E-state index contributed by atoms with van der Waals surface area (Å²) in [5.41, 5.74) is 0.669. The Kier molecular flexibility index (Phi) is 7.24. The van der Waals surface area contributed by atoms with E-state index >= 15 is 0 Å². The summed E-state index contributed by atoms with van der Waals surface area (Å²) in [6.07, 6.45) is 0. The van der Waals surface area contributed by atoms with E-state index in [-0.39, 0.29) is 5.69 Å². The second-order valence-corrected chi connectivity index (χ2v) is 6.25. The van der Waals surface area contributed by atoms with E-state index in [4.69, 9.17) is 4.74 Å². The molecule has 29 heavy (non-hydrogen) atoms. The molecule has 1 aromatic carbocycles. The van der Waals surface area contributed by atoms with Crippen molar-refractivity contribution < 1.29 is 33.4 Å². The van der Waals surface area contributed by atoms with Crippen molar-refractivity contribution in [2.45, 2.75) is 13.0 Å². The molecule has 0 radical (unpaired) electrons. The third kappa shape index (κ3) is 4.87. The van der Waals surface area contributed by atoms with Crippen LogP contribution in [0.3, 0.4) is 0 Å². The standard InChI is InChI=1S/C20H22N2O7/c1-11(15(18(24)27-2)19(25)28-3)16(20(26)29-4)22-17(23)14-10-9-12-7-5-6-8-13(12)21-14/h5-11,15-16H,1-4H3,(H,22,23)/t11-,16+/m1/s1. The Labute approximate surface area is 167 Å². The number of benzene rings is 1. The van der Waals surface area contributed by atoms with Crippen LogP contribution >= 0.6 is 0 Å². The summed E-state index contributed by atoms with van der Waals surface area (Å²) in [4.78, 5) is 53.4. The number of rotatable bonds is 7. The first kappa shape index (κ1) is 21.8. The number of aromatic nitrogens is 1. The van der Waals surface area contributed by atoms with Gasteiger partial charge in [-0.15, -0.1) is 0 Å². The topological polar surface area (TPSA) is 121 Å². The number of pyridine rings is 1. The Hall–Kier alpha value is -3.49. The largest absolute Gasteiger partial charge is 0.468 e. The molecule has 0 fully saturated rings. The second kappa shape index (κ2) is 9.63. The summed E-state index contributed by atoms with van der Waals surface area (Å²) >= 11 is 0. The second-order valence-electron chi connectivity index (χ2n) is 6.25. The molecule has 1 heterocycles. The van der Waals surface area contributed by atoms with Gasteiger partial charge in [0.2, 0.25) is 0 Å². The first-order valence-corrected chi connectivity index (χ1v) is 8.74. The molecule has 0 saturated heterocycles. The van der Waals surface area contributed by atoms with Gasteiger partial charge in [-0.1, -0.05) is 31.2 Å². The van der Waals surface area contributed by atoms with Crippen molar-refractivity contribution in [2.75, 3.05) is 21.3 Å². The zero-order valence-electron chi connectivity index (χ0n) is 16.5. The molecule has 1 amide bonds. The number of carbonyl (C=O) groups excluding carboxylic acids is 4. The van der Waals surface area contributed by atoms with Crippen LogP contribution in [0.2, 0.25) is 0 Å². The van der Waals surface area contributed by atoms with Crippen LogP contribution in [0.25, 0.3) is 10.9 Å². The minimum Gasteiger partial charge on any atom is -0.468 e. The lowest BCUT2D eigenvalue weighted by atomic mass is 9.87. The number of nitrogens with zero attached hydrogens (tertiary/aromatic N) is 1. The maximum atomic E-state index is 12.7. The number of hydrogen-bond acceptors (Lipinski definition) is 8. The summed E-state index contributed by atoms with van der Waals surface area (Å²) < 4.78 is 14.0. The molecule has 0 aliphatic heterocycles. The number of carbonyl (C=O) groups is 4. The smallest absolute Gasteiger partial charge is 0.328 e. The van der Waals surface area contributed by atoms with Gasteiger partial charge in [-0.05, 0) is 12.1 Å². The normalized spacial score (nSPS) is 12.7. The van der Waals surface area contributed by atoms with Gasteiger partial charge in [0.15, 0.2) is 5.92 Å². The van der Waals surface area contributed by atoms with Crippen LogP contribution in [0.5, 0.6) is 0 Å². The van der Waals surface area contributed by atoms with Gasteiger partial charge in [0.1, 0.15) is 11.7 Å². The van der Waals surface area contributed by atoms with E-state index in [1.54, 1.807) is 18.2 Å². The van der Waals surface area contributed by atoms with E-state index in [0.717, 1.165) is 26.7 Å². The molecule has 2 atom stereocenters. The maximum absolute atomic E-state index is 12.7. The highest BCUT2D eigenvalue weighted by molar-refractivity contribution is 5.99. The number of methoxy groups -OCH3 is 3. The fourth-order valence-corrected chi connectivity index (χ4v) is 2.91. The third-order valence-electron chi connectivity index (χ3n) is 4.53. The van der Waals surface area contributed by atoms with Crippen molar-refractivity contribution >= 4 is 34.7 Å². The summed E-state index contributed by atoms with van der Waals surface area (Å²) in [6.45, 7) is 1.44. The zero-order chi connectivity index (χ0) is 21.6. The van der Waals surface area contributed by atoms with E-state index in [1.807, 2.05) is 12.1 Å². The Balaban J connectivity index is 2.33. The van der Waals surface area contributed by atoms with Crippen molar-refractivity contribution in [3.63, 3.8) is 0 Å². The molecule has 2 rings (SSSR count). The van der Waals surface area contributed by atoms with Crippen LogP contribution in [0.15, 0.2) is 36.4 Å². The highest BCUT2D eigenvalue weighted by Crippen LogP contribution is 2.21. The number of esters is 3. The van der Waals surface area contributed by atoms with E-state index in [9.17, 15) is 19.2 Å². The van der Waals surface area contributed by atoms with Crippen LogP contribution in [-0.2, 0) is 28.6 Å². The summed E-state index contributed by atoms with van der Waals surface area (Å²) in [6, 6.07) is 9.14. The number of fused-ring (bicyclic) bond motifs is 1. The number of para-hydroxylation sites is 1. The molecule has 0 bridgehead atoms. The van der Waals surface area contributed by atoms with Gasteiger partial charge in [0, 0.05) is 11.3 Å². The van der Waals surface area contributed by atoms with Crippen LogP contribution in [0, 0.1) is 11.8 Å². The number of hydrogen-bond donors (Lipinski definition) is 1. The summed E-state index contributed by atoms with van der Waals surface area (Å²) in [7, 11) is 3.35. The van der Waals surface area contributed by atoms with Crippen LogP contribution in [0.1, 0.15) is 17.4 Å². The third-order valence-corrected chi connectivity index (χ3v) is 4.53. The molecule has 0 spiro atoms. The van der Waals surface area contributed by atoms with E-state index in [0.29, 0.717) is 5.52 Å². The van der Waals surface area contributed by atoms with Gasteiger partial charge in [-0.25, -0.2) is 9.78 Å². The van der Waals surface area contributed by atoms with E-state index in [2.05, 4.69) is 19.8 Å². The zero-order valence-corrected chi connectivity index (χ0v) is 16.5. The van der Waals surface area contributed by atoms with Crippen molar-refractivity contribution in [3.05, 3.63) is 42.1 Å². The van der Waals surface area contributed by atoms with E-state index < -0.39 is 41.7 Å². The highest BCUT2D eigenvalue weighted by Gasteiger charge is 2.42. The minimum atomic E-state index is -1.43. The Morgan fingerprint density at radius 3 is 2.03 bits per heavy atom. The SMILES string of the molecule is COC(=O)C(C(=O)OC)[C@@H](C)[C@H](NC(=O)c1ccc2ccccc2n1)C(=O)OC. The summed E-state index contributed by atoms with van der Waals surface area (Å²) in [5, 5.41) is 3.34. The molecule has 0 aliphatic carbocycles. The number of nitrogens with one attached hydrogen (secondary N) is 1. The highest BCUT2D eigenvalue weighted by atomic mass is 16.5. The van der Waals surface area contributed by atoms with Crippen molar-refractivity contribution in [1.29, 1.82) is 0 Å². The molecular weight excluding hydrogens is 380 g/mol. The minimum absolute atomic E-state index is 0.0671. The molecule has 0 saturated carbocycles. The van der Waals surface area contributed by atoms with Gasteiger partial charge in [-0.3, -0.25) is 14.4 Å². The maximum Gasteiger partial charge on any atom is 0.328 e. The predicted octanol–water partition coefficient (Wildman–Crippen LogP) is 1.10. The molecule has 1 aromatic heterocycles.